The van der Waals surface area contributed by atoms with Gasteiger partial charge in [-0.15, -0.1) is 0 Å². The number of amidine groups is 1. The number of hydrogen-bond donors (Lipinski definition) is 0. The van der Waals surface area contributed by atoms with Gasteiger partial charge in [0.2, 0.25) is 0 Å². The topological polar surface area (TPSA) is 28.0 Å². The van der Waals surface area contributed by atoms with E-state index >= 15 is 0 Å². The van der Waals surface area contributed by atoms with Gasteiger partial charge in [-0.1, -0.05) is 22.9 Å². The lowest BCUT2D eigenvalue weighted by Crippen LogP contribution is -2.26. The summed E-state index contributed by atoms with van der Waals surface area (Å²) < 4.78 is 0. The van der Waals surface area contributed by atoms with Gasteiger partial charge >= 0.3 is 0 Å². The van der Waals surface area contributed by atoms with Crippen molar-refractivity contribution < 1.29 is 0 Å². The first-order chi connectivity index (χ1) is 4.79. The molecule has 1 atom stereocenters. The Balaban J connectivity index is 2.66. The Morgan fingerprint density at radius 3 is 3.10 bits per heavy atom. The Morgan fingerprint density at radius 2 is 2.70 bits per heavy atom. The fourth-order valence-electron chi connectivity index (χ4n) is 0.936. The number of hydrogen-bond acceptors (Lipinski definition) is 3. The van der Waals surface area contributed by atoms with Crippen molar-refractivity contribution in [1.29, 1.82) is 0 Å². The molecule has 0 saturated carbocycles. The summed E-state index contributed by atoms with van der Waals surface area (Å²) in [6.45, 7) is 6.29. The van der Waals surface area contributed by atoms with Crippen molar-refractivity contribution in [2.45, 2.75) is 18.3 Å². The molecule has 0 N–H and O–H groups in total. The molecule has 1 aliphatic rings. The summed E-state index contributed by atoms with van der Waals surface area (Å²) in [5, 5.41) is 5.63. The highest BCUT2D eigenvalue weighted by atomic mass is 79.9. The maximum Gasteiger partial charge on any atom is 0.128 e. The van der Waals surface area contributed by atoms with Crippen molar-refractivity contribution in [2.75, 3.05) is 6.54 Å². The highest BCUT2D eigenvalue weighted by Crippen LogP contribution is 2.17. The maximum absolute atomic E-state index is 4.25. The molecular weight excluding hydrogens is 194 g/mol. The molecule has 4 heteroatoms. The van der Waals surface area contributed by atoms with Crippen LogP contribution >= 0.6 is 15.9 Å². The Labute approximate surface area is 68.9 Å². The van der Waals surface area contributed by atoms with Crippen molar-refractivity contribution in [3.05, 3.63) is 0 Å². The molecule has 0 radical (unpaired) electrons. The first-order valence-electron chi connectivity index (χ1n) is 3.22. The zero-order valence-electron chi connectivity index (χ0n) is 5.92. The molecule has 1 unspecified atom stereocenters. The van der Waals surface area contributed by atoms with E-state index in [0.717, 1.165) is 18.8 Å². The summed E-state index contributed by atoms with van der Waals surface area (Å²) in [6.07, 6.45) is 0.918. The summed E-state index contributed by atoms with van der Waals surface area (Å²) in [5.41, 5.74) is 0. The molecule has 0 aliphatic carbocycles. The lowest BCUT2D eigenvalue weighted by Gasteiger charge is -2.15. The van der Waals surface area contributed by atoms with Crippen molar-refractivity contribution in [3.8, 4) is 0 Å². The number of hydrazone groups is 1. The molecule has 0 bridgehead atoms. The third kappa shape index (κ3) is 1.21. The molecule has 0 aromatic rings. The average Bonchev–Trinajstić information content (AvgIpc) is 2.30. The Morgan fingerprint density at radius 1 is 2.00 bits per heavy atom. The van der Waals surface area contributed by atoms with Gasteiger partial charge < -0.3 is 0 Å². The maximum atomic E-state index is 4.25. The largest absolute Gasteiger partial charge is 0.268 e. The first kappa shape index (κ1) is 7.72. The summed E-state index contributed by atoms with van der Waals surface area (Å²) in [6, 6.07) is 0. The Bertz CT molecular complexity index is 166. The van der Waals surface area contributed by atoms with E-state index in [1.54, 1.807) is 5.01 Å². The average molecular weight is 204 g/mol. The predicted molar refractivity (Wildman–Crippen MR) is 46.7 cm³/mol. The summed E-state index contributed by atoms with van der Waals surface area (Å²) in [5.74, 6) is 1.01. The van der Waals surface area contributed by atoms with Gasteiger partial charge in [-0.25, -0.2) is 5.01 Å². The van der Waals surface area contributed by atoms with E-state index < -0.39 is 0 Å². The highest BCUT2D eigenvalue weighted by Gasteiger charge is 2.22. The first-order valence-corrected chi connectivity index (χ1v) is 4.14. The van der Waals surface area contributed by atoms with E-state index in [1.165, 1.54) is 0 Å². The number of rotatable bonds is 2. The number of alkyl halides is 1. The zero-order valence-corrected chi connectivity index (χ0v) is 7.50. The van der Waals surface area contributed by atoms with E-state index in [2.05, 4.69) is 39.7 Å². The van der Waals surface area contributed by atoms with Gasteiger partial charge in [-0.2, -0.15) is 5.10 Å². The van der Waals surface area contributed by atoms with E-state index in [9.17, 15) is 0 Å². The Kier molecular flexibility index (Phi) is 2.43. The number of halogens is 1. The second-order valence-corrected chi connectivity index (χ2v) is 3.09. The van der Waals surface area contributed by atoms with Crippen LogP contribution in [0.5, 0.6) is 0 Å². The number of aliphatic imine (C=N–C) groups is 1. The molecule has 56 valence electrons. The van der Waals surface area contributed by atoms with Crippen molar-refractivity contribution >= 4 is 28.5 Å². The molecule has 0 spiro atoms. The van der Waals surface area contributed by atoms with Crippen molar-refractivity contribution in [1.82, 2.24) is 5.01 Å². The van der Waals surface area contributed by atoms with Crippen molar-refractivity contribution in [2.24, 2.45) is 10.1 Å². The van der Waals surface area contributed by atoms with E-state index in [1.807, 2.05) is 0 Å². The third-order valence-electron chi connectivity index (χ3n) is 1.42. The lowest BCUT2D eigenvalue weighted by molar-refractivity contribution is 0.460. The highest BCUT2D eigenvalue weighted by molar-refractivity contribution is 9.09. The van der Waals surface area contributed by atoms with Gasteiger partial charge in [0.15, 0.2) is 0 Å². The van der Waals surface area contributed by atoms with Gasteiger partial charge in [0.05, 0.1) is 6.54 Å². The van der Waals surface area contributed by atoms with Crippen LogP contribution < -0.4 is 0 Å². The molecule has 0 saturated heterocycles. The fourth-order valence-corrected chi connectivity index (χ4v) is 1.45. The predicted octanol–water partition coefficient (Wildman–Crippen LogP) is 1.45. The minimum atomic E-state index is 0.222. The van der Waals surface area contributed by atoms with Gasteiger partial charge in [0.25, 0.3) is 0 Å². The monoisotopic (exact) mass is 203 g/mol. The SMILES string of the molecule is C=NN1C(CC)=NCC1Br. The molecule has 1 rings (SSSR count). The minimum absolute atomic E-state index is 0.222. The van der Waals surface area contributed by atoms with Gasteiger partial charge in [-0.3, -0.25) is 4.99 Å². The lowest BCUT2D eigenvalue weighted by atomic mass is 10.4. The molecule has 0 aromatic heterocycles. The standard InChI is InChI=1S/C6H10BrN3/c1-3-6-9-4-5(7)10(6)8-2/h5H,2-4H2,1H3. The van der Waals surface area contributed by atoms with Crippen LogP contribution in [0.15, 0.2) is 10.1 Å². The molecule has 0 amide bonds. The van der Waals surface area contributed by atoms with E-state index in [-0.39, 0.29) is 4.95 Å². The van der Waals surface area contributed by atoms with Crippen LogP contribution in [0.3, 0.4) is 0 Å². The molecular formula is C6H10BrN3. The Hall–Kier alpha value is -0.380. The van der Waals surface area contributed by atoms with E-state index in [4.69, 9.17) is 0 Å². The van der Waals surface area contributed by atoms with Gasteiger partial charge in [0.1, 0.15) is 10.8 Å². The van der Waals surface area contributed by atoms with Crippen LogP contribution in [-0.4, -0.2) is 29.1 Å². The normalized spacial score (nSPS) is 24.8. The minimum Gasteiger partial charge on any atom is -0.268 e. The zero-order chi connectivity index (χ0) is 7.56. The molecule has 1 heterocycles. The van der Waals surface area contributed by atoms with Crippen LogP contribution in [0.1, 0.15) is 13.3 Å². The summed E-state index contributed by atoms with van der Waals surface area (Å²) in [7, 11) is 0. The van der Waals surface area contributed by atoms with Crippen LogP contribution in [0.25, 0.3) is 0 Å². The summed E-state index contributed by atoms with van der Waals surface area (Å²) in [4.78, 5) is 4.47. The smallest absolute Gasteiger partial charge is 0.128 e. The van der Waals surface area contributed by atoms with Crippen LogP contribution in [-0.2, 0) is 0 Å². The molecule has 0 fully saturated rings. The second kappa shape index (κ2) is 3.14. The van der Waals surface area contributed by atoms with Gasteiger partial charge in [0, 0.05) is 13.1 Å². The molecule has 1 aliphatic heterocycles. The van der Waals surface area contributed by atoms with E-state index in [0.29, 0.717) is 0 Å². The van der Waals surface area contributed by atoms with Gasteiger partial charge in [-0.05, 0) is 0 Å². The van der Waals surface area contributed by atoms with Crippen LogP contribution in [0.2, 0.25) is 0 Å². The van der Waals surface area contributed by atoms with Crippen molar-refractivity contribution in [3.63, 3.8) is 0 Å². The number of nitrogens with zero attached hydrogens (tertiary/aromatic N) is 3. The van der Waals surface area contributed by atoms with Crippen LogP contribution in [0, 0.1) is 0 Å². The third-order valence-corrected chi connectivity index (χ3v) is 2.10. The molecule has 3 nitrogen and oxygen atoms in total. The quantitative estimate of drug-likeness (QED) is 0.380. The summed E-state index contributed by atoms with van der Waals surface area (Å²) >= 11 is 3.42. The molecule has 10 heavy (non-hydrogen) atoms. The fraction of sp³-hybridized carbons (Fsp3) is 0.667. The van der Waals surface area contributed by atoms with Crippen LogP contribution in [0.4, 0.5) is 0 Å². The molecule has 0 aromatic carbocycles. The second-order valence-electron chi connectivity index (χ2n) is 2.03.